The maximum Gasteiger partial charge on any atom is 0.246 e. The van der Waals surface area contributed by atoms with Gasteiger partial charge in [0.25, 0.3) is 0 Å². The van der Waals surface area contributed by atoms with E-state index in [9.17, 15) is 22.7 Å². The van der Waals surface area contributed by atoms with Crippen molar-refractivity contribution in [3.05, 3.63) is 30.1 Å². The predicted octanol–water partition coefficient (Wildman–Crippen LogP) is 0.0726. The Labute approximate surface area is 122 Å². The first kappa shape index (κ1) is 15.9. The molecule has 1 amide bonds. The van der Waals surface area contributed by atoms with Crippen molar-refractivity contribution in [3.63, 3.8) is 0 Å². The second-order valence-corrected chi connectivity index (χ2v) is 6.92. The zero-order valence-corrected chi connectivity index (χ0v) is 12.1. The Hall–Kier alpha value is -1.51. The first-order chi connectivity index (χ1) is 9.84. The van der Waals surface area contributed by atoms with E-state index in [2.05, 4.69) is 0 Å². The van der Waals surface area contributed by atoms with E-state index in [1.165, 1.54) is 18.2 Å². The molecule has 0 aliphatic carbocycles. The summed E-state index contributed by atoms with van der Waals surface area (Å²) in [5, 5.41) is 9.97. The zero-order valence-electron chi connectivity index (χ0n) is 11.3. The molecule has 2 unspecified atom stereocenters. The Morgan fingerprint density at radius 1 is 1.38 bits per heavy atom. The number of hydrogen-bond donors (Lipinski definition) is 2. The van der Waals surface area contributed by atoms with Gasteiger partial charge in [-0.2, -0.15) is 4.31 Å². The normalized spacial score (nSPS) is 24.5. The van der Waals surface area contributed by atoms with Crippen LogP contribution in [0.2, 0.25) is 0 Å². The number of aliphatic hydroxyl groups excluding tert-OH is 1. The van der Waals surface area contributed by atoms with E-state index in [4.69, 9.17) is 5.73 Å². The van der Waals surface area contributed by atoms with Gasteiger partial charge in [-0.1, -0.05) is 12.1 Å². The van der Waals surface area contributed by atoms with Crippen LogP contribution in [-0.4, -0.2) is 42.9 Å². The Kier molecular flexibility index (Phi) is 4.60. The summed E-state index contributed by atoms with van der Waals surface area (Å²) < 4.78 is 39.6. The van der Waals surface area contributed by atoms with Gasteiger partial charge in [-0.25, -0.2) is 12.8 Å². The lowest BCUT2D eigenvalue weighted by atomic mass is 9.98. The van der Waals surface area contributed by atoms with Gasteiger partial charge in [-0.15, -0.1) is 0 Å². The van der Waals surface area contributed by atoms with Gasteiger partial charge in [0.2, 0.25) is 15.9 Å². The molecule has 1 saturated heterocycles. The summed E-state index contributed by atoms with van der Waals surface area (Å²) in [5.74, 6) is -2.29. The van der Waals surface area contributed by atoms with Gasteiger partial charge in [0.05, 0.1) is 12.0 Å². The molecule has 1 fully saturated rings. The van der Waals surface area contributed by atoms with Crippen LogP contribution in [-0.2, 0) is 14.8 Å². The number of benzene rings is 1. The van der Waals surface area contributed by atoms with Gasteiger partial charge in [-0.05, 0) is 25.0 Å². The SMILES string of the molecule is NC(=O)C1CCCN(S(=O)(=O)c2ccccc2F)CC1O. The minimum atomic E-state index is -4.05. The molecule has 0 saturated carbocycles. The summed E-state index contributed by atoms with van der Waals surface area (Å²) in [7, 11) is -4.05. The molecule has 1 aliphatic rings. The van der Waals surface area contributed by atoms with E-state index in [0.29, 0.717) is 12.8 Å². The number of carbonyl (C=O) groups excluding carboxylic acids is 1. The van der Waals surface area contributed by atoms with Crippen molar-refractivity contribution < 1.29 is 22.7 Å². The number of sulfonamides is 1. The van der Waals surface area contributed by atoms with Crippen LogP contribution < -0.4 is 5.73 Å². The fraction of sp³-hybridized carbons (Fsp3) is 0.462. The molecule has 0 radical (unpaired) electrons. The minimum Gasteiger partial charge on any atom is -0.391 e. The lowest BCUT2D eigenvalue weighted by Gasteiger charge is -2.23. The Bertz CT molecular complexity index is 635. The van der Waals surface area contributed by atoms with Crippen LogP contribution in [0.1, 0.15) is 12.8 Å². The van der Waals surface area contributed by atoms with Crippen molar-refractivity contribution in [2.75, 3.05) is 13.1 Å². The molecular formula is C13H17FN2O4S. The number of amides is 1. The zero-order chi connectivity index (χ0) is 15.6. The van der Waals surface area contributed by atoms with Gasteiger partial charge in [0.1, 0.15) is 10.7 Å². The van der Waals surface area contributed by atoms with Crippen molar-refractivity contribution in [1.82, 2.24) is 4.31 Å². The van der Waals surface area contributed by atoms with Crippen molar-refractivity contribution in [2.45, 2.75) is 23.8 Å². The van der Waals surface area contributed by atoms with E-state index < -0.39 is 38.7 Å². The van der Waals surface area contributed by atoms with Gasteiger partial charge < -0.3 is 10.8 Å². The molecule has 1 aromatic carbocycles. The molecule has 2 atom stereocenters. The highest BCUT2D eigenvalue weighted by molar-refractivity contribution is 7.89. The molecule has 1 aromatic rings. The molecule has 1 aliphatic heterocycles. The van der Waals surface area contributed by atoms with Crippen LogP contribution in [0.5, 0.6) is 0 Å². The van der Waals surface area contributed by atoms with Gasteiger partial charge >= 0.3 is 0 Å². The molecule has 0 spiro atoms. The highest BCUT2D eigenvalue weighted by Gasteiger charge is 2.35. The van der Waals surface area contributed by atoms with Gasteiger partial charge in [-0.3, -0.25) is 4.79 Å². The molecule has 2 rings (SSSR count). The number of rotatable bonds is 3. The molecule has 8 heteroatoms. The summed E-state index contributed by atoms with van der Waals surface area (Å²) in [6.45, 7) is -0.165. The Morgan fingerprint density at radius 2 is 2.05 bits per heavy atom. The molecule has 21 heavy (non-hydrogen) atoms. The quantitative estimate of drug-likeness (QED) is 0.824. The second kappa shape index (κ2) is 6.08. The van der Waals surface area contributed by atoms with Crippen LogP contribution in [0.25, 0.3) is 0 Å². The third-order valence-electron chi connectivity index (χ3n) is 3.60. The van der Waals surface area contributed by atoms with Crippen molar-refractivity contribution in [3.8, 4) is 0 Å². The number of halogens is 1. The molecule has 116 valence electrons. The van der Waals surface area contributed by atoms with Crippen LogP contribution in [0.4, 0.5) is 4.39 Å². The average molecular weight is 316 g/mol. The van der Waals surface area contributed by atoms with Crippen molar-refractivity contribution in [2.24, 2.45) is 11.7 Å². The molecular weight excluding hydrogens is 299 g/mol. The predicted molar refractivity (Wildman–Crippen MR) is 73.1 cm³/mol. The maximum absolute atomic E-state index is 13.7. The van der Waals surface area contributed by atoms with Crippen molar-refractivity contribution in [1.29, 1.82) is 0 Å². The number of carbonyl (C=O) groups is 1. The number of nitrogens with zero attached hydrogens (tertiary/aromatic N) is 1. The number of hydrogen-bond acceptors (Lipinski definition) is 4. The third-order valence-corrected chi connectivity index (χ3v) is 5.50. The van der Waals surface area contributed by atoms with Gasteiger partial charge in [0.15, 0.2) is 0 Å². The summed E-state index contributed by atoms with van der Waals surface area (Å²) >= 11 is 0. The first-order valence-corrected chi connectivity index (χ1v) is 8.00. The van der Waals surface area contributed by atoms with Crippen LogP contribution >= 0.6 is 0 Å². The Balaban J connectivity index is 2.29. The van der Waals surface area contributed by atoms with Crippen molar-refractivity contribution >= 4 is 15.9 Å². The monoisotopic (exact) mass is 316 g/mol. The summed E-state index contributed by atoms with van der Waals surface area (Å²) in [6.07, 6.45) is -0.510. The fourth-order valence-electron chi connectivity index (χ4n) is 2.45. The van der Waals surface area contributed by atoms with E-state index in [-0.39, 0.29) is 13.1 Å². The van der Waals surface area contributed by atoms with Crippen LogP contribution in [0, 0.1) is 11.7 Å². The van der Waals surface area contributed by atoms with E-state index in [0.717, 1.165) is 10.4 Å². The number of aliphatic hydroxyl groups is 1. The third kappa shape index (κ3) is 3.22. The highest BCUT2D eigenvalue weighted by Crippen LogP contribution is 2.24. The number of β-amino-alcohol motifs (C(OH)–C–C–N with tert-alkyl or cyclic N) is 1. The summed E-state index contributed by atoms with van der Waals surface area (Å²) in [6, 6.07) is 5.06. The molecule has 6 nitrogen and oxygen atoms in total. The molecule has 0 bridgehead atoms. The molecule has 1 heterocycles. The number of primary amides is 1. The van der Waals surface area contributed by atoms with E-state index >= 15 is 0 Å². The summed E-state index contributed by atoms with van der Waals surface area (Å²) in [4.78, 5) is 10.8. The standard InChI is InChI=1S/C13H17FN2O4S/c14-10-5-1-2-6-12(10)21(19,20)16-7-3-4-9(13(15)18)11(17)8-16/h1-2,5-6,9,11,17H,3-4,7-8H2,(H2,15,18). The van der Waals surface area contributed by atoms with Gasteiger partial charge in [0, 0.05) is 13.1 Å². The van der Waals surface area contributed by atoms with E-state index in [1.807, 2.05) is 0 Å². The van der Waals surface area contributed by atoms with E-state index in [1.54, 1.807) is 0 Å². The average Bonchev–Trinajstić information content (AvgIpc) is 2.61. The van der Waals surface area contributed by atoms with Crippen LogP contribution in [0.15, 0.2) is 29.2 Å². The second-order valence-electron chi connectivity index (χ2n) is 5.01. The smallest absolute Gasteiger partial charge is 0.246 e. The largest absolute Gasteiger partial charge is 0.391 e. The lowest BCUT2D eigenvalue weighted by Crippen LogP contribution is -2.41. The Morgan fingerprint density at radius 3 is 2.67 bits per heavy atom. The lowest BCUT2D eigenvalue weighted by molar-refractivity contribution is -0.125. The fourth-order valence-corrected chi connectivity index (χ4v) is 4.01. The maximum atomic E-state index is 13.7. The topological polar surface area (TPSA) is 101 Å². The molecule has 3 N–H and O–H groups in total. The van der Waals surface area contributed by atoms with Crippen LogP contribution in [0.3, 0.4) is 0 Å². The first-order valence-electron chi connectivity index (χ1n) is 6.56. The summed E-state index contributed by atoms with van der Waals surface area (Å²) in [5.41, 5.74) is 5.19. The number of nitrogens with two attached hydrogens (primary N) is 1. The molecule has 0 aromatic heterocycles. The highest BCUT2D eigenvalue weighted by atomic mass is 32.2. The minimum absolute atomic E-state index is 0.109.